The van der Waals surface area contributed by atoms with Crippen LogP contribution in [0.5, 0.6) is 5.75 Å². The van der Waals surface area contributed by atoms with E-state index < -0.39 is 0 Å². The summed E-state index contributed by atoms with van der Waals surface area (Å²) >= 11 is 7.07. The van der Waals surface area contributed by atoms with Gasteiger partial charge in [-0.2, -0.15) is 0 Å². The Balaban J connectivity index is 2.50. The van der Waals surface area contributed by atoms with Gasteiger partial charge in [0.05, 0.1) is 13.2 Å². The molecule has 2 rings (SSSR count). The van der Waals surface area contributed by atoms with E-state index in [-0.39, 0.29) is 6.04 Å². The molecule has 0 amide bonds. The van der Waals surface area contributed by atoms with Crippen LogP contribution in [-0.4, -0.2) is 7.11 Å². The molecule has 0 aromatic heterocycles. The van der Waals surface area contributed by atoms with Gasteiger partial charge < -0.3 is 10.5 Å². The van der Waals surface area contributed by atoms with Gasteiger partial charge in [-0.1, -0.05) is 37.9 Å². The highest BCUT2D eigenvalue weighted by atomic mass is 79.9. The topological polar surface area (TPSA) is 35.2 Å². The molecular formula is C16H17Br2NO. The Kier molecular flexibility index (Phi) is 4.89. The summed E-state index contributed by atoms with van der Waals surface area (Å²) in [6.07, 6.45) is 0. The molecule has 2 nitrogen and oxygen atoms in total. The molecule has 106 valence electrons. The molecule has 0 aliphatic heterocycles. The van der Waals surface area contributed by atoms with Crippen molar-refractivity contribution < 1.29 is 4.74 Å². The number of hydrogen-bond donors (Lipinski definition) is 1. The number of ether oxygens (including phenoxy) is 1. The second-order valence-corrected chi connectivity index (χ2v) is 6.59. The Morgan fingerprint density at radius 3 is 2.35 bits per heavy atom. The molecule has 0 bridgehead atoms. The normalized spacial score (nSPS) is 12.3. The van der Waals surface area contributed by atoms with Gasteiger partial charge in [-0.3, -0.25) is 0 Å². The summed E-state index contributed by atoms with van der Waals surface area (Å²) in [6.45, 7) is 4.09. The lowest BCUT2D eigenvalue weighted by atomic mass is 9.94. The Labute approximate surface area is 136 Å². The maximum atomic E-state index is 6.46. The van der Waals surface area contributed by atoms with Gasteiger partial charge in [-0.05, 0) is 60.4 Å². The second-order valence-electron chi connectivity index (χ2n) is 4.82. The number of aryl methyl sites for hydroxylation is 2. The summed E-state index contributed by atoms with van der Waals surface area (Å²) in [4.78, 5) is 0. The van der Waals surface area contributed by atoms with Crippen molar-refractivity contribution in [3.05, 3.63) is 61.5 Å². The minimum atomic E-state index is -0.175. The fraction of sp³-hybridized carbons (Fsp3) is 0.250. The molecule has 0 saturated heterocycles. The van der Waals surface area contributed by atoms with Crippen LogP contribution in [0.2, 0.25) is 0 Å². The van der Waals surface area contributed by atoms with Crippen molar-refractivity contribution in [3.8, 4) is 5.75 Å². The first-order chi connectivity index (χ1) is 9.43. The van der Waals surface area contributed by atoms with Crippen LogP contribution < -0.4 is 10.5 Å². The minimum absolute atomic E-state index is 0.175. The van der Waals surface area contributed by atoms with Crippen LogP contribution in [0.1, 0.15) is 28.3 Å². The first-order valence-corrected chi connectivity index (χ1v) is 7.88. The summed E-state index contributed by atoms with van der Waals surface area (Å²) in [5.41, 5.74) is 10.9. The van der Waals surface area contributed by atoms with Crippen LogP contribution in [0.25, 0.3) is 0 Å². The number of halogens is 2. The molecule has 1 atom stereocenters. The summed E-state index contributed by atoms with van der Waals surface area (Å²) in [5.74, 6) is 0.895. The average molecular weight is 399 g/mol. The fourth-order valence-electron chi connectivity index (χ4n) is 2.29. The van der Waals surface area contributed by atoms with E-state index in [4.69, 9.17) is 10.5 Å². The number of methoxy groups -OCH3 is 1. The van der Waals surface area contributed by atoms with Crippen LogP contribution in [0.15, 0.2) is 39.3 Å². The molecule has 4 heteroatoms. The number of hydrogen-bond acceptors (Lipinski definition) is 2. The molecule has 0 fully saturated rings. The van der Waals surface area contributed by atoms with Gasteiger partial charge in [0.1, 0.15) is 5.75 Å². The lowest BCUT2D eigenvalue weighted by molar-refractivity contribution is 0.411. The Morgan fingerprint density at radius 2 is 1.70 bits per heavy atom. The van der Waals surface area contributed by atoms with E-state index in [9.17, 15) is 0 Å². The lowest BCUT2D eigenvalue weighted by Crippen LogP contribution is -2.14. The molecule has 0 aliphatic rings. The Morgan fingerprint density at radius 1 is 1.00 bits per heavy atom. The Hall–Kier alpha value is -0.840. The molecule has 2 aromatic carbocycles. The van der Waals surface area contributed by atoms with Gasteiger partial charge in [0, 0.05) is 8.95 Å². The van der Waals surface area contributed by atoms with Gasteiger partial charge in [0.15, 0.2) is 0 Å². The summed E-state index contributed by atoms with van der Waals surface area (Å²) in [5, 5.41) is 0. The molecule has 1 unspecified atom stereocenters. The Bertz CT molecular complexity index is 641. The second kappa shape index (κ2) is 6.29. The van der Waals surface area contributed by atoms with E-state index >= 15 is 0 Å². The van der Waals surface area contributed by atoms with E-state index in [1.165, 1.54) is 0 Å². The molecular weight excluding hydrogens is 382 g/mol. The standard InChI is InChI=1S/C16H17Br2NO/c1-9-7-15(20-3)10(2)6-12(9)16(19)13-8-11(17)4-5-14(13)18/h4-8,16H,19H2,1-3H3. The maximum Gasteiger partial charge on any atom is 0.122 e. The number of rotatable bonds is 3. The molecule has 0 heterocycles. The van der Waals surface area contributed by atoms with Crippen LogP contribution in [-0.2, 0) is 0 Å². The van der Waals surface area contributed by atoms with Gasteiger partial charge >= 0.3 is 0 Å². The third kappa shape index (κ3) is 3.08. The van der Waals surface area contributed by atoms with E-state index in [0.29, 0.717) is 0 Å². The molecule has 20 heavy (non-hydrogen) atoms. The van der Waals surface area contributed by atoms with E-state index in [1.807, 2.05) is 31.2 Å². The van der Waals surface area contributed by atoms with Crippen LogP contribution in [0.3, 0.4) is 0 Å². The highest BCUT2D eigenvalue weighted by Crippen LogP contribution is 2.33. The predicted molar refractivity (Wildman–Crippen MR) is 90.3 cm³/mol. The molecule has 0 spiro atoms. The van der Waals surface area contributed by atoms with Gasteiger partial charge in [0.2, 0.25) is 0 Å². The zero-order valence-electron chi connectivity index (χ0n) is 11.7. The number of benzene rings is 2. The van der Waals surface area contributed by atoms with E-state index in [0.717, 1.165) is 36.9 Å². The fourth-order valence-corrected chi connectivity index (χ4v) is 3.16. The van der Waals surface area contributed by atoms with E-state index in [1.54, 1.807) is 7.11 Å². The smallest absolute Gasteiger partial charge is 0.122 e. The third-order valence-corrected chi connectivity index (χ3v) is 4.63. The zero-order valence-corrected chi connectivity index (χ0v) is 14.9. The minimum Gasteiger partial charge on any atom is -0.496 e. The van der Waals surface area contributed by atoms with Crippen LogP contribution >= 0.6 is 31.9 Å². The van der Waals surface area contributed by atoms with Crippen molar-refractivity contribution in [3.63, 3.8) is 0 Å². The van der Waals surface area contributed by atoms with Gasteiger partial charge in [-0.15, -0.1) is 0 Å². The highest BCUT2D eigenvalue weighted by molar-refractivity contribution is 9.11. The van der Waals surface area contributed by atoms with Gasteiger partial charge in [-0.25, -0.2) is 0 Å². The monoisotopic (exact) mass is 397 g/mol. The maximum absolute atomic E-state index is 6.46. The van der Waals surface area contributed by atoms with Crippen molar-refractivity contribution in [2.24, 2.45) is 5.73 Å². The molecule has 2 aromatic rings. The molecule has 0 saturated carbocycles. The van der Waals surface area contributed by atoms with Crippen LogP contribution in [0, 0.1) is 13.8 Å². The first-order valence-electron chi connectivity index (χ1n) is 6.29. The quantitative estimate of drug-likeness (QED) is 0.799. The summed E-state index contributed by atoms with van der Waals surface area (Å²) < 4.78 is 7.39. The van der Waals surface area contributed by atoms with Crippen molar-refractivity contribution >= 4 is 31.9 Å². The van der Waals surface area contributed by atoms with Crippen molar-refractivity contribution in [2.45, 2.75) is 19.9 Å². The summed E-state index contributed by atoms with van der Waals surface area (Å²) in [6, 6.07) is 10.0. The third-order valence-electron chi connectivity index (χ3n) is 3.41. The van der Waals surface area contributed by atoms with Crippen molar-refractivity contribution in [1.29, 1.82) is 0 Å². The lowest BCUT2D eigenvalue weighted by Gasteiger charge is -2.19. The van der Waals surface area contributed by atoms with Gasteiger partial charge in [0.25, 0.3) is 0 Å². The number of nitrogens with two attached hydrogens (primary N) is 1. The molecule has 0 aliphatic carbocycles. The predicted octanol–water partition coefficient (Wildman–Crippen LogP) is 4.89. The molecule has 2 N–H and O–H groups in total. The van der Waals surface area contributed by atoms with Crippen LogP contribution in [0.4, 0.5) is 0 Å². The van der Waals surface area contributed by atoms with Crippen molar-refractivity contribution in [1.82, 2.24) is 0 Å². The highest BCUT2D eigenvalue weighted by Gasteiger charge is 2.16. The molecule has 0 radical (unpaired) electrons. The first kappa shape index (κ1) is 15.5. The van der Waals surface area contributed by atoms with E-state index in [2.05, 4.69) is 44.8 Å². The SMILES string of the molecule is COc1cc(C)c(C(N)c2cc(Br)ccc2Br)cc1C. The average Bonchev–Trinajstić information content (AvgIpc) is 2.42. The zero-order chi connectivity index (χ0) is 14.9. The summed E-state index contributed by atoms with van der Waals surface area (Å²) in [7, 11) is 1.69. The largest absolute Gasteiger partial charge is 0.496 e. The van der Waals surface area contributed by atoms with Crippen molar-refractivity contribution in [2.75, 3.05) is 7.11 Å².